The van der Waals surface area contributed by atoms with Crippen molar-refractivity contribution in [2.45, 2.75) is 51.9 Å². The van der Waals surface area contributed by atoms with Crippen molar-refractivity contribution in [2.75, 3.05) is 32.7 Å². The first-order valence-electron chi connectivity index (χ1n) is 7.81. The smallest absolute Gasteiger partial charge is 0.00161 e. The summed E-state index contributed by atoms with van der Waals surface area (Å²) in [5.74, 6) is 2.02. The van der Waals surface area contributed by atoms with Crippen LogP contribution in [-0.2, 0) is 0 Å². The van der Waals surface area contributed by atoms with Crippen molar-refractivity contribution in [1.82, 2.24) is 10.2 Å². The van der Waals surface area contributed by atoms with Crippen LogP contribution in [0, 0.1) is 11.8 Å². The number of hydrogen-bond acceptors (Lipinski definition) is 2. The topological polar surface area (TPSA) is 15.3 Å². The molecule has 2 nitrogen and oxygen atoms in total. The highest BCUT2D eigenvalue weighted by molar-refractivity contribution is 4.74. The highest BCUT2D eigenvalue weighted by Gasteiger charge is 2.19. The van der Waals surface area contributed by atoms with Gasteiger partial charge in [-0.15, -0.1) is 0 Å². The maximum absolute atomic E-state index is 3.47. The van der Waals surface area contributed by atoms with E-state index in [0.717, 1.165) is 11.8 Å². The number of hydrogen-bond donors (Lipinski definition) is 1. The molecule has 0 aliphatic carbocycles. The zero-order valence-electron chi connectivity index (χ0n) is 11.6. The minimum absolute atomic E-state index is 0.979. The van der Waals surface area contributed by atoms with Crippen molar-refractivity contribution in [1.29, 1.82) is 0 Å². The van der Waals surface area contributed by atoms with Gasteiger partial charge in [-0.3, -0.25) is 0 Å². The lowest BCUT2D eigenvalue weighted by Gasteiger charge is -2.32. The van der Waals surface area contributed by atoms with Crippen LogP contribution in [0.15, 0.2) is 0 Å². The average molecular weight is 238 g/mol. The van der Waals surface area contributed by atoms with Gasteiger partial charge in [0.25, 0.3) is 0 Å². The van der Waals surface area contributed by atoms with Gasteiger partial charge in [-0.2, -0.15) is 0 Å². The van der Waals surface area contributed by atoms with Crippen molar-refractivity contribution in [3.8, 4) is 0 Å². The lowest BCUT2D eigenvalue weighted by molar-refractivity contribution is 0.174. The van der Waals surface area contributed by atoms with Crippen LogP contribution in [0.3, 0.4) is 0 Å². The van der Waals surface area contributed by atoms with E-state index in [1.165, 1.54) is 77.7 Å². The van der Waals surface area contributed by atoms with E-state index < -0.39 is 0 Å². The van der Waals surface area contributed by atoms with Gasteiger partial charge in [-0.05, 0) is 76.7 Å². The predicted molar refractivity (Wildman–Crippen MR) is 74.3 cm³/mol. The Morgan fingerprint density at radius 3 is 2.53 bits per heavy atom. The van der Waals surface area contributed by atoms with Gasteiger partial charge in [0.2, 0.25) is 0 Å². The highest BCUT2D eigenvalue weighted by Crippen LogP contribution is 2.22. The van der Waals surface area contributed by atoms with Crippen LogP contribution in [0.5, 0.6) is 0 Å². The first-order valence-corrected chi connectivity index (χ1v) is 7.81. The quantitative estimate of drug-likeness (QED) is 0.765. The number of rotatable bonds is 6. The second-order valence-corrected chi connectivity index (χ2v) is 6.07. The molecule has 0 aromatic heterocycles. The Hall–Kier alpha value is -0.0800. The van der Waals surface area contributed by atoms with E-state index in [4.69, 9.17) is 0 Å². The van der Waals surface area contributed by atoms with Gasteiger partial charge in [0.1, 0.15) is 0 Å². The van der Waals surface area contributed by atoms with E-state index in [2.05, 4.69) is 17.1 Å². The SMILES string of the molecule is CCCC1CCN(CCCC2CCNC2)CC1. The summed E-state index contributed by atoms with van der Waals surface area (Å²) in [7, 11) is 0. The highest BCUT2D eigenvalue weighted by atomic mass is 15.1. The van der Waals surface area contributed by atoms with Crippen LogP contribution < -0.4 is 5.32 Å². The zero-order valence-corrected chi connectivity index (χ0v) is 11.6. The molecule has 100 valence electrons. The summed E-state index contributed by atoms with van der Waals surface area (Å²) in [5.41, 5.74) is 0. The minimum Gasteiger partial charge on any atom is -0.316 e. The Labute approximate surface area is 107 Å². The van der Waals surface area contributed by atoms with Crippen LogP contribution in [0.25, 0.3) is 0 Å². The Morgan fingerprint density at radius 2 is 1.88 bits per heavy atom. The molecule has 0 saturated carbocycles. The molecule has 0 radical (unpaired) electrons. The molecule has 2 heteroatoms. The van der Waals surface area contributed by atoms with Crippen molar-refractivity contribution < 1.29 is 0 Å². The van der Waals surface area contributed by atoms with E-state index in [-0.39, 0.29) is 0 Å². The second-order valence-electron chi connectivity index (χ2n) is 6.07. The summed E-state index contributed by atoms with van der Waals surface area (Å²) in [6.45, 7) is 8.95. The van der Waals surface area contributed by atoms with Crippen molar-refractivity contribution >= 4 is 0 Å². The summed E-state index contributed by atoms with van der Waals surface area (Å²) < 4.78 is 0. The number of nitrogens with zero attached hydrogens (tertiary/aromatic N) is 1. The van der Waals surface area contributed by atoms with Gasteiger partial charge in [0.15, 0.2) is 0 Å². The fraction of sp³-hybridized carbons (Fsp3) is 1.00. The molecule has 1 unspecified atom stereocenters. The van der Waals surface area contributed by atoms with E-state index in [9.17, 15) is 0 Å². The number of nitrogens with one attached hydrogen (secondary N) is 1. The third-order valence-corrected chi connectivity index (χ3v) is 4.65. The average Bonchev–Trinajstić information content (AvgIpc) is 2.85. The molecule has 1 atom stereocenters. The van der Waals surface area contributed by atoms with E-state index in [1.807, 2.05) is 0 Å². The molecule has 2 aliphatic rings. The third-order valence-electron chi connectivity index (χ3n) is 4.65. The normalized spacial score (nSPS) is 27.7. The summed E-state index contributed by atoms with van der Waals surface area (Å²) in [4.78, 5) is 2.70. The van der Waals surface area contributed by atoms with Crippen molar-refractivity contribution in [3.63, 3.8) is 0 Å². The maximum atomic E-state index is 3.47. The summed E-state index contributed by atoms with van der Waals surface area (Å²) in [6.07, 6.45) is 10.0. The molecule has 0 bridgehead atoms. The zero-order chi connectivity index (χ0) is 11.9. The molecular formula is C15H30N2. The molecule has 2 heterocycles. The lowest BCUT2D eigenvalue weighted by atomic mass is 9.92. The maximum Gasteiger partial charge on any atom is -0.00161 e. The molecule has 0 amide bonds. The molecule has 0 aromatic rings. The lowest BCUT2D eigenvalue weighted by Crippen LogP contribution is -2.34. The first kappa shape index (κ1) is 13.4. The van der Waals surface area contributed by atoms with Crippen LogP contribution in [0.2, 0.25) is 0 Å². The monoisotopic (exact) mass is 238 g/mol. The van der Waals surface area contributed by atoms with Gasteiger partial charge in [0.05, 0.1) is 0 Å². The summed E-state index contributed by atoms with van der Waals surface area (Å²) in [5, 5.41) is 3.47. The van der Waals surface area contributed by atoms with Gasteiger partial charge in [0, 0.05) is 0 Å². The van der Waals surface area contributed by atoms with E-state index >= 15 is 0 Å². The molecule has 2 fully saturated rings. The Kier molecular flexibility index (Phi) is 5.79. The van der Waals surface area contributed by atoms with Gasteiger partial charge in [-0.1, -0.05) is 19.8 Å². The second kappa shape index (κ2) is 7.38. The van der Waals surface area contributed by atoms with E-state index in [1.54, 1.807) is 0 Å². The third kappa shape index (κ3) is 4.59. The Bertz CT molecular complexity index is 191. The molecule has 1 N–H and O–H groups in total. The fourth-order valence-electron chi connectivity index (χ4n) is 3.47. The molecule has 17 heavy (non-hydrogen) atoms. The van der Waals surface area contributed by atoms with Crippen LogP contribution >= 0.6 is 0 Å². The summed E-state index contributed by atoms with van der Waals surface area (Å²) >= 11 is 0. The van der Waals surface area contributed by atoms with Gasteiger partial charge < -0.3 is 10.2 Å². The Balaban J connectivity index is 1.52. The minimum atomic E-state index is 0.979. The number of likely N-dealkylation sites (tertiary alicyclic amines) is 1. The standard InChI is InChI=1S/C15H30N2/c1-2-4-14-7-11-17(12-8-14)10-3-5-15-6-9-16-13-15/h14-16H,2-13H2,1H3. The first-order chi connectivity index (χ1) is 8.38. The predicted octanol–water partition coefficient (Wildman–Crippen LogP) is 2.89. The van der Waals surface area contributed by atoms with Crippen LogP contribution in [0.1, 0.15) is 51.9 Å². The molecule has 2 aliphatic heterocycles. The van der Waals surface area contributed by atoms with Gasteiger partial charge >= 0.3 is 0 Å². The number of piperidine rings is 1. The van der Waals surface area contributed by atoms with Crippen LogP contribution in [-0.4, -0.2) is 37.6 Å². The van der Waals surface area contributed by atoms with Crippen molar-refractivity contribution in [3.05, 3.63) is 0 Å². The molecule has 2 saturated heterocycles. The molecule has 2 rings (SSSR count). The van der Waals surface area contributed by atoms with E-state index in [0.29, 0.717) is 0 Å². The largest absolute Gasteiger partial charge is 0.316 e. The van der Waals surface area contributed by atoms with Gasteiger partial charge in [-0.25, -0.2) is 0 Å². The molecule has 0 spiro atoms. The summed E-state index contributed by atoms with van der Waals surface area (Å²) in [6, 6.07) is 0. The van der Waals surface area contributed by atoms with Crippen molar-refractivity contribution in [2.24, 2.45) is 11.8 Å². The molecular weight excluding hydrogens is 208 g/mol. The Morgan fingerprint density at radius 1 is 1.06 bits per heavy atom. The fourth-order valence-corrected chi connectivity index (χ4v) is 3.47. The molecule has 0 aromatic carbocycles. The van der Waals surface area contributed by atoms with Crippen LogP contribution in [0.4, 0.5) is 0 Å².